The normalized spacial score (nSPS) is 21.1. The fourth-order valence-electron chi connectivity index (χ4n) is 5.98. The molecular weight excluding hydrogens is 406 g/mol. The number of anilines is 1. The van der Waals surface area contributed by atoms with Crippen LogP contribution in [0.3, 0.4) is 0 Å². The first-order valence-corrected chi connectivity index (χ1v) is 11.9. The summed E-state index contributed by atoms with van der Waals surface area (Å²) in [7, 11) is 3.63. The van der Waals surface area contributed by atoms with Crippen LogP contribution >= 0.6 is 0 Å². The van der Waals surface area contributed by atoms with Gasteiger partial charge in [0.2, 0.25) is 0 Å². The fraction of sp³-hybridized carbons (Fsp3) is 0.276. The van der Waals surface area contributed by atoms with Gasteiger partial charge in [-0.25, -0.2) is 0 Å². The van der Waals surface area contributed by atoms with E-state index in [1.54, 1.807) is 4.90 Å². The van der Waals surface area contributed by atoms with Crippen LogP contribution in [0.15, 0.2) is 72.8 Å². The Morgan fingerprint density at radius 1 is 1.03 bits per heavy atom. The molecule has 1 aliphatic heterocycles. The van der Waals surface area contributed by atoms with Gasteiger partial charge in [-0.2, -0.15) is 0 Å². The highest BCUT2D eigenvalue weighted by Crippen LogP contribution is 2.51. The molecule has 3 atom stereocenters. The summed E-state index contributed by atoms with van der Waals surface area (Å²) >= 11 is 0. The largest absolute Gasteiger partial charge is 0.377 e. The van der Waals surface area contributed by atoms with Crippen LogP contribution < -0.4 is 5.32 Å². The summed E-state index contributed by atoms with van der Waals surface area (Å²) in [5.41, 5.74) is 6.84. The highest BCUT2D eigenvalue weighted by molar-refractivity contribution is 6.08. The first-order valence-electron chi connectivity index (χ1n) is 11.9. The van der Waals surface area contributed by atoms with Crippen molar-refractivity contribution in [2.75, 3.05) is 19.4 Å². The Labute approximate surface area is 194 Å². The Hall–Kier alpha value is -3.53. The highest BCUT2D eigenvalue weighted by atomic mass is 16.2. The molecule has 4 heteroatoms. The van der Waals surface area contributed by atoms with Gasteiger partial charge >= 0.3 is 0 Å². The molecule has 1 amide bonds. The van der Waals surface area contributed by atoms with E-state index in [1.165, 1.54) is 32.9 Å². The molecule has 0 bridgehead atoms. The average Bonchev–Trinajstić information content (AvgIpc) is 3.45. The first-order chi connectivity index (χ1) is 16.1. The van der Waals surface area contributed by atoms with E-state index in [9.17, 15) is 4.79 Å². The van der Waals surface area contributed by atoms with Gasteiger partial charge < -0.3 is 14.8 Å². The van der Waals surface area contributed by atoms with Crippen molar-refractivity contribution in [3.63, 3.8) is 0 Å². The lowest BCUT2D eigenvalue weighted by atomic mass is 9.76. The SMILES string of the molecule is CCn1c2ccccc2c2cc(C3Nc4c(C(=O)N(C)C)cccc4C4C=CCC43)ccc21. The second-order valence-corrected chi connectivity index (χ2v) is 9.48. The minimum atomic E-state index is 0.0417. The van der Waals surface area contributed by atoms with E-state index in [-0.39, 0.29) is 11.9 Å². The number of rotatable bonds is 3. The molecule has 166 valence electrons. The van der Waals surface area contributed by atoms with Crippen molar-refractivity contribution in [2.24, 2.45) is 5.92 Å². The Kier molecular flexibility index (Phi) is 4.58. The maximum absolute atomic E-state index is 13.0. The number of nitrogens with zero attached hydrogens (tertiary/aromatic N) is 2. The third-order valence-corrected chi connectivity index (χ3v) is 7.51. The van der Waals surface area contributed by atoms with Crippen LogP contribution in [0.25, 0.3) is 21.8 Å². The van der Waals surface area contributed by atoms with Crippen LogP contribution in [-0.4, -0.2) is 29.5 Å². The Bertz CT molecular complexity index is 1430. The smallest absolute Gasteiger partial charge is 0.255 e. The minimum absolute atomic E-state index is 0.0417. The molecule has 1 aromatic heterocycles. The number of carbonyl (C=O) groups excluding carboxylic acids is 1. The number of fused-ring (bicyclic) bond motifs is 6. The van der Waals surface area contributed by atoms with Crippen molar-refractivity contribution in [2.45, 2.75) is 31.8 Å². The molecule has 2 aliphatic rings. The molecule has 0 radical (unpaired) electrons. The van der Waals surface area contributed by atoms with Crippen molar-refractivity contribution in [3.8, 4) is 0 Å². The molecule has 1 N–H and O–H groups in total. The third-order valence-electron chi connectivity index (χ3n) is 7.51. The summed E-state index contributed by atoms with van der Waals surface area (Å²) in [5.74, 6) is 0.813. The van der Waals surface area contributed by atoms with Crippen molar-refractivity contribution in [3.05, 3.63) is 89.5 Å². The van der Waals surface area contributed by atoms with Gasteiger partial charge in [0, 0.05) is 48.4 Å². The van der Waals surface area contributed by atoms with Crippen LogP contribution in [0.2, 0.25) is 0 Å². The molecule has 0 spiro atoms. The van der Waals surface area contributed by atoms with Gasteiger partial charge in [-0.15, -0.1) is 0 Å². The standard InChI is InChI=1S/C29H29N3O/c1-4-32-25-14-6-5-9-20(25)24-17-18(15-16-26(24)32)27-21-11-7-10-19(21)22-12-8-13-23(28(22)30-27)29(33)31(2)3/h5-10,12-17,19,21,27,30H,4,11H2,1-3H3. The molecule has 6 rings (SSSR count). The number of benzene rings is 3. The van der Waals surface area contributed by atoms with E-state index in [0.717, 1.165) is 24.2 Å². The van der Waals surface area contributed by atoms with E-state index in [0.29, 0.717) is 11.8 Å². The second kappa shape index (κ2) is 7.51. The Balaban J connectivity index is 1.51. The Morgan fingerprint density at radius 2 is 1.85 bits per heavy atom. The van der Waals surface area contributed by atoms with Crippen LogP contribution in [0.5, 0.6) is 0 Å². The predicted molar refractivity (Wildman–Crippen MR) is 136 cm³/mol. The Morgan fingerprint density at radius 3 is 2.67 bits per heavy atom. The molecule has 4 nitrogen and oxygen atoms in total. The number of hydrogen-bond donors (Lipinski definition) is 1. The maximum Gasteiger partial charge on any atom is 0.255 e. The zero-order valence-corrected chi connectivity index (χ0v) is 19.4. The number of aryl methyl sites for hydroxylation is 1. The second-order valence-electron chi connectivity index (χ2n) is 9.48. The lowest BCUT2D eigenvalue weighted by Crippen LogP contribution is -2.32. The summed E-state index contributed by atoms with van der Waals surface area (Å²) < 4.78 is 2.39. The van der Waals surface area contributed by atoms with Crippen molar-refractivity contribution in [1.29, 1.82) is 0 Å². The maximum atomic E-state index is 13.0. The first kappa shape index (κ1) is 20.1. The number of hydrogen-bond acceptors (Lipinski definition) is 2. The molecule has 3 unspecified atom stereocenters. The van der Waals surface area contributed by atoms with E-state index >= 15 is 0 Å². The number of aromatic nitrogens is 1. The van der Waals surface area contributed by atoms with Crippen LogP contribution in [0.4, 0.5) is 5.69 Å². The van der Waals surface area contributed by atoms with E-state index in [4.69, 9.17) is 0 Å². The van der Waals surface area contributed by atoms with Gasteiger partial charge in [0.25, 0.3) is 5.91 Å². The summed E-state index contributed by atoms with van der Waals surface area (Å²) in [6.07, 6.45) is 5.69. The summed E-state index contributed by atoms with van der Waals surface area (Å²) in [5, 5.41) is 6.43. The molecule has 4 aromatic rings. The topological polar surface area (TPSA) is 37.3 Å². The lowest BCUT2D eigenvalue weighted by Gasteiger charge is -2.38. The van der Waals surface area contributed by atoms with Crippen molar-refractivity contribution in [1.82, 2.24) is 9.47 Å². The number of nitrogens with one attached hydrogen (secondary N) is 1. The van der Waals surface area contributed by atoms with Gasteiger partial charge in [-0.1, -0.05) is 48.6 Å². The summed E-state index contributed by atoms with van der Waals surface area (Å²) in [6, 6.07) is 21.9. The molecule has 2 heterocycles. The average molecular weight is 436 g/mol. The number of amides is 1. The van der Waals surface area contributed by atoms with Gasteiger partial charge in [-0.3, -0.25) is 4.79 Å². The van der Waals surface area contributed by atoms with Crippen LogP contribution in [0.1, 0.15) is 46.8 Å². The monoisotopic (exact) mass is 435 g/mol. The molecule has 0 fully saturated rings. The molecule has 3 aromatic carbocycles. The molecule has 33 heavy (non-hydrogen) atoms. The summed E-state index contributed by atoms with van der Waals surface area (Å²) in [6.45, 7) is 3.15. The van der Waals surface area contributed by atoms with Crippen molar-refractivity contribution < 1.29 is 4.79 Å². The van der Waals surface area contributed by atoms with E-state index in [2.05, 4.69) is 77.5 Å². The lowest BCUT2D eigenvalue weighted by molar-refractivity contribution is 0.0828. The molecule has 1 aliphatic carbocycles. The number of allylic oxidation sites excluding steroid dienone is 2. The summed E-state index contributed by atoms with van der Waals surface area (Å²) in [4.78, 5) is 14.6. The van der Waals surface area contributed by atoms with Crippen LogP contribution in [0, 0.1) is 5.92 Å². The van der Waals surface area contributed by atoms with Gasteiger partial charge in [-0.05, 0) is 54.7 Å². The van der Waals surface area contributed by atoms with Gasteiger partial charge in [0.1, 0.15) is 0 Å². The predicted octanol–water partition coefficient (Wildman–Crippen LogP) is 6.34. The van der Waals surface area contributed by atoms with Gasteiger partial charge in [0.15, 0.2) is 0 Å². The van der Waals surface area contributed by atoms with Gasteiger partial charge in [0.05, 0.1) is 17.3 Å². The zero-order chi connectivity index (χ0) is 22.7. The number of carbonyl (C=O) groups is 1. The molecular formula is C29H29N3O. The van der Waals surface area contributed by atoms with Crippen molar-refractivity contribution >= 4 is 33.4 Å². The zero-order valence-electron chi connectivity index (χ0n) is 19.4. The quantitative estimate of drug-likeness (QED) is 0.381. The molecule has 0 saturated heterocycles. The number of para-hydroxylation sites is 2. The minimum Gasteiger partial charge on any atom is -0.377 e. The fourth-order valence-corrected chi connectivity index (χ4v) is 5.98. The van der Waals surface area contributed by atoms with E-state index < -0.39 is 0 Å². The molecule has 0 saturated carbocycles. The van der Waals surface area contributed by atoms with Crippen LogP contribution in [-0.2, 0) is 6.54 Å². The highest BCUT2D eigenvalue weighted by Gasteiger charge is 2.39. The van der Waals surface area contributed by atoms with E-state index in [1.807, 2.05) is 26.2 Å². The third kappa shape index (κ3) is 2.93.